The Morgan fingerprint density at radius 1 is 1.29 bits per heavy atom. The highest BCUT2D eigenvalue weighted by atomic mass is 32.1. The van der Waals surface area contributed by atoms with Crippen LogP contribution < -0.4 is 10.3 Å². The Morgan fingerprint density at radius 2 is 1.90 bits per heavy atom. The maximum absolute atomic E-state index is 5.65. The standard InChI is InChI=1S/C15H21N3O2S/c1-4-19-15(20-5-2)14-17-16-13(10-21)18(14)12-8-6-11(3)7-9-12/h6-10,13,15-16H,4-5H2,1-3H3. The highest BCUT2D eigenvalue weighted by molar-refractivity contribution is 7.79. The molecule has 0 saturated carbocycles. The van der Waals surface area contributed by atoms with E-state index < -0.39 is 6.29 Å². The summed E-state index contributed by atoms with van der Waals surface area (Å²) in [4.78, 5) is 2.00. The summed E-state index contributed by atoms with van der Waals surface area (Å²) in [6.07, 6.45) is -0.685. The van der Waals surface area contributed by atoms with Crippen molar-refractivity contribution in [2.24, 2.45) is 5.10 Å². The number of hydrogen-bond donors (Lipinski definition) is 1. The molecule has 1 aliphatic rings. The Morgan fingerprint density at radius 3 is 2.43 bits per heavy atom. The fourth-order valence-corrected chi connectivity index (χ4v) is 2.32. The summed E-state index contributed by atoms with van der Waals surface area (Å²) in [6, 6.07) is 8.20. The van der Waals surface area contributed by atoms with Gasteiger partial charge < -0.3 is 9.47 Å². The summed E-state index contributed by atoms with van der Waals surface area (Å²) < 4.78 is 11.3. The van der Waals surface area contributed by atoms with Gasteiger partial charge in [-0.2, -0.15) is 5.10 Å². The normalized spacial score (nSPS) is 17.8. The number of rotatable bonds is 7. The molecule has 1 aromatic carbocycles. The molecule has 0 radical (unpaired) electrons. The van der Waals surface area contributed by atoms with Crippen molar-refractivity contribution in [1.29, 1.82) is 0 Å². The van der Waals surface area contributed by atoms with Crippen molar-refractivity contribution in [3.05, 3.63) is 29.8 Å². The van der Waals surface area contributed by atoms with E-state index in [-0.39, 0.29) is 6.17 Å². The zero-order valence-corrected chi connectivity index (χ0v) is 13.4. The summed E-state index contributed by atoms with van der Waals surface area (Å²) in [5.41, 5.74) is 5.21. The second kappa shape index (κ2) is 7.49. The number of hydrogen-bond acceptors (Lipinski definition) is 6. The van der Waals surface area contributed by atoms with Gasteiger partial charge >= 0.3 is 0 Å². The van der Waals surface area contributed by atoms with Crippen molar-refractivity contribution in [3.63, 3.8) is 0 Å². The molecule has 114 valence electrons. The number of aryl methyl sites for hydroxylation is 1. The fraction of sp³-hybridized carbons (Fsp3) is 0.467. The lowest BCUT2D eigenvalue weighted by Crippen LogP contribution is -2.46. The van der Waals surface area contributed by atoms with Crippen LogP contribution >= 0.6 is 12.2 Å². The number of thiocarbonyl (C=S) groups is 1. The van der Waals surface area contributed by atoms with Crippen LogP contribution in [-0.4, -0.2) is 36.9 Å². The fourth-order valence-electron chi connectivity index (χ4n) is 2.14. The summed E-state index contributed by atoms with van der Waals surface area (Å²) in [6.45, 7) is 7.02. The van der Waals surface area contributed by atoms with Gasteiger partial charge in [0.1, 0.15) is 6.17 Å². The number of ether oxygens (including phenoxy) is 2. The SMILES string of the molecule is CCOC(OCC)C1=NNC(C=S)N1c1ccc(C)cc1. The third kappa shape index (κ3) is 3.58. The quantitative estimate of drug-likeness (QED) is 0.619. The molecule has 21 heavy (non-hydrogen) atoms. The second-order valence-electron chi connectivity index (χ2n) is 4.63. The van der Waals surface area contributed by atoms with Crippen LogP contribution in [0.15, 0.2) is 29.4 Å². The highest BCUT2D eigenvalue weighted by Gasteiger charge is 2.33. The first kappa shape index (κ1) is 15.9. The summed E-state index contributed by atoms with van der Waals surface area (Å²) in [7, 11) is 0. The van der Waals surface area contributed by atoms with Gasteiger partial charge in [0.05, 0.1) is 0 Å². The first-order valence-electron chi connectivity index (χ1n) is 7.08. The summed E-state index contributed by atoms with van der Waals surface area (Å²) >= 11 is 5.10. The number of amidine groups is 1. The zero-order chi connectivity index (χ0) is 15.2. The van der Waals surface area contributed by atoms with Crippen molar-refractivity contribution >= 4 is 29.1 Å². The molecule has 1 aromatic rings. The summed E-state index contributed by atoms with van der Waals surface area (Å²) in [5, 5.41) is 5.99. The maximum Gasteiger partial charge on any atom is 0.219 e. The Bertz CT molecular complexity index is 498. The molecule has 0 aliphatic carbocycles. The van der Waals surface area contributed by atoms with Gasteiger partial charge in [-0.25, -0.2) is 0 Å². The van der Waals surface area contributed by atoms with Crippen LogP contribution in [0.5, 0.6) is 0 Å². The molecule has 1 atom stereocenters. The average molecular weight is 307 g/mol. The predicted molar refractivity (Wildman–Crippen MR) is 88.7 cm³/mol. The number of nitrogens with one attached hydrogen (secondary N) is 1. The van der Waals surface area contributed by atoms with E-state index >= 15 is 0 Å². The predicted octanol–water partition coefficient (Wildman–Crippen LogP) is 2.44. The van der Waals surface area contributed by atoms with Crippen molar-refractivity contribution in [3.8, 4) is 0 Å². The topological polar surface area (TPSA) is 46.1 Å². The van der Waals surface area contributed by atoms with Crippen LogP contribution in [0, 0.1) is 6.92 Å². The van der Waals surface area contributed by atoms with Crippen LogP contribution in [0.3, 0.4) is 0 Å². The lowest BCUT2D eigenvalue weighted by Gasteiger charge is -2.28. The lowest BCUT2D eigenvalue weighted by molar-refractivity contribution is -0.0906. The number of benzene rings is 1. The summed E-state index contributed by atoms with van der Waals surface area (Å²) in [5.74, 6) is 0.689. The molecule has 1 aliphatic heterocycles. The maximum atomic E-state index is 5.65. The van der Waals surface area contributed by atoms with Gasteiger partial charge in [0.15, 0.2) is 5.84 Å². The highest BCUT2D eigenvalue weighted by Crippen LogP contribution is 2.22. The van der Waals surface area contributed by atoms with E-state index in [4.69, 9.17) is 21.7 Å². The molecule has 2 rings (SSSR count). The molecule has 0 amide bonds. The van der Waals surface area contributed by atoms with Crippen molar-refractivity contribution in [2.75, 3.05) is 18.1 Å². The van der Waals surface area contributed by atoms with Gasteiger partial charge in [0.25, 0.3) is 0 Å². The Hall–Kier alpha value is -1.50. The van der Waals surface area contributed by atoms with Crippen LogP contribution in [0.2, 0.25) is 0 Å². The van der Waals surface area contributed by atoms with Gasteiger partial charge in [0.2, 0.25) is 6.29 Å². The van der Waals surface area contributed by atoms with E-state index in [1.165, 1.54) is 5.56 Å². The minimum absolute atomic E-state index is 0.180. The zero-order valence-electron chi connectivity index (χ0n) is 12.6. The Kier molecular flexibility index (Phi) is 5.67. The smallest absolute Gasteiger partial charge is 0.219 e. The van der Waals surface area contributed by atoms with Gasteiger partial charge in [-0.1, -0.05) is 29.9 Å². The first-order chi connectivity index (χ1) is 10.2. The third-order valence-electron chi connectivity index (χ3n) is 3.12. The van der Waals surface area contributed by atoms with E-state index in [0.717, 1.165) is 5.69 Å². The average Bonchev–Trinajstić information content (AvgIpc) is 2.91. The Balaban J connectivity index is 2.30. The van der Waals surface area contributed by atoms with Crippen molar-refractivity contribution in [1.82, 2.24) is 5.43 Å². The van der Waals surface area contributed by atoms with Gasteiger partial charge in [-0.3, -0.25) is 10.3 Å². The number of nitrogens with zero attached hydrogens (tertiary/aromatic N) is 2. The molecular weight excluding hydrogens is 286 g/mol. The molecular formula is C15H21N3O2S. The largest absolute Gasteiger partial charge is 0.346 e. The molecule has 1 unspecified atom stereocenters. The minimum atomic E-state index is -0.506. The molecule has 0 bridgehead atoms. The van der Waals surface area contributed by atoms with Gasteiger partial charge in [0, 0.05) is 24.3 Å². The van der Waals surface area contributed by atoms with Crippen LogP contribution in [0.1, 0.15) is 19.4 Å². The second-order valence-corrected chi connectivity index (χ2v) is 4.90. The lowest BCUT2D eigenvalue weighted by atomic mass is 10.2. The van der Waals surface area contributed by atoms with Crippen molar-refractivity contribution in [2.45, 2.75) is 33.2 Å². The molecule has 0 fully saturated rings. The molecule has 1 N–H and O–H groups in total. The number of anilines is 1. The van der Waals surface area contributed by atoms with E-state index in [0.29, 0.717) is 19.0 Å². The van der Waals surface area contributed by atoms with E-state index in [1.54, 1.807) is 5.37 Å². The molecule has 1 heterocycles. The van der Waals surface area contributed by atoms with Crippen LogP contribution in [-0.2, 0) is 9.47 Å². The van der Waals surface area contributed by atoms with Crippen molar-refractivity contribution < 1.29 is 9.47 Å². The molecule has 0 aromatic heterocycles. The van der Waals surface area contributed by atoms with Gasteiger partial charge in [-0.15, -0.1) is 0 Å². The number of hydrazone groups is 1. The molecule has 0 saturated heterocycles. The third-order valence-corrected chi connectivity index (χ3v) is 3.38. The monoisotopic (exact) mass is 307 g/mol. The Labute approximate surface area is 130 Å². The molecule has 6 heteroatoms. The van der Waals surface area contributed by atoms with Crippen LogP contribution in [0.4, 0.5) is 5.69 Å². The van der Waals surface area contributed by atoms with E-state index in [9.17, 15) is 0 Å². The minimum Gasteiger partial charge on any atom is -0.346 e. The first-order valence-corrected chi connectivity index (χ1v) is 7.55. The van der Waals surface area contributed by atoms with E-state index in [2.05, 4.69) is 29.6 Å². The molecule has 5 nitrogen and oxygen atoms in total. The molecule has 0 spiro atoms. The van der Waals surface area contributed by atoms with E-state index in [1.807, 2.05) is 30.9 Å². The van der Waals surface area contributed by atoms with Crippen LogP contribution in [0.25, 0.3) is 0 Å². The van der Waals surface area contributed by atoms with Gasteiger partial charge in [-0.05, 0) is 32.9 Å².